The predicted octanol–water partition coefficient (Wildman–Crippen LogP) is 1.15. The van der Waals surface area contributed by atoms with Gasteiger partial charge in [-0.05, 0) is 49.2 Å². The number of halogens is 1. The highest BCUT2D eigenvalue weighted by Gasteiger charge is 2.57. The van der Waals surface area contributed by atoms with Gasteiger partial charge in [-0.3, -0.25) is 0 Å². The van der Waals surface area contributed by atoms with E-state index in [1.165, 1.54) is 28.8 Å². The quantitative estimate of drug-likeness (QED) is 0.626. The molecule has 0 heterocycles. The molecule has 1 aliphatic rings. The molecular weight excluding hydrogens is 319 g/mol. The summed E-state index contributed by atoms with van der Waals surface area (Å²) in [6.07, 6.45) is 2.71. The molecule has 0 unspecified atom stereocenters. The molecule has 1 saturated carbocycles. The van der Waals surface area contributed by atoms with Crippen LogP contribution in [0.1, 0.15) is 12.8 Å². The molecular formula is C21H20ClP. The molecule has 0 atom stereocenters. The second-order valence-corrected chi connectivity index (χ2v) is 9.69. The Labute approximate surface area is 145 Å². The van der Waals surface area contributed by atoms with Gasteiger partial charge in [0.25, 0.3) is 0 Å². The lowest BCUT2D eigenvalue weighted by molar-refractivity contribution is -0.00000420. The highest BCUT2D eigenvalue weighted by Crippen LogP contribution is 2.67. The number of hydrogen-bond donors (Lipinski definition) is 0. The maximum Gasteiger partial charge on any atom is 0.115 e. The van der Waals surface area contributed by atoms with Crippen molar-refractivity contribution < 1.29 is 12.4 Å². The number of rotatable bonds is 4. The van der Waals surface area contributed by atoms with Crippen LogP contribution in [0, 0.1) is 0 Å². The summed E-state index contributed by atoms with van der Waals surface area (Å²) in [6.45, 7) is 0. The van der Waals surface area contributed by atoms with E-state index in [1.54, 1.807) is 0 Å². The van der Waals surface area contributed by atoms with Crippen molar-refractivity contribution in [1.29, 1.82) is 0 Å². The van der Waals surface area contributed by atoms with Crippen molar-refractivity contribution in [3.05, 3.63) is 91.0 Å². The van der Waals surface area contributed by atoms with Crippen LogP contribution in [0.15, 0.2) is 91.0 Å². The van der Waals surface area contributed by atoms with Crippen molar-refractivity contribution in [3.8, 4) is 0 Å². The minimum absolute atomic E-state index is 0. The van der Waals surface area contributed by atoms with E-state index >= 15 is 0 Å². The Hall–Kier alpha value is -1.62. The number of benzene rings is 3. The summed E-state index contributed by atoms with van der Waals surface area (Å²) in [6, 6.07) is 33.6. The molecule has 0 aromatic heterocycles. The number of hydrogen-bond acceptors (Lipinski definition) is 0. The molecule has 0 saturated heterocycles. The summed E-state index contributed by atoms with van der Waals surface area (Å²) in [4.78, 5) is 0. The van der Waals surface area contributed by atoms with Crippen molar-refractivity contribution in [3.63, 3.8) is 0 Å². The first-order chi connectivity index (χ1) is 10.9. The maximum atomic E-state index is 2.34. The standard InChI is InChI=1S/C21H20P.ClH/c1-4-10-18(11-5-1)22(21-16-17-21,19-12-6-2-7-13-19)20-14-8-3-9-15-20;/h1-15,21H,16-17H2;1H/q+1;/p-1. The van der Waals surface area contributed by atoms with Gasteiger partial charge in [0, 0.05) is 0 Å². The van der Waals surface area contributed by atoms with Crippen LogP contribution in [0.2, 0.25) is 0 Å². The predicted molar refractivity (Wildman–Crippen MR) is 98.2 cm³/mol. The Morgan fingerprint density at radius 1 is 0.522 bits per heavy atom. The lowest BCUT2D eigenvalue weighted by atomic mass is 10.4. The summed E-state index contributed by atoms with van der Waals surface area (Å²) in [5, 5.41) is 4.57. The monoisotopic (exact) mass is 338 g/mol. The summed E-state index contributed by atoms with van der Waals surface area (Å²) in [5.74, 6) is 0. The molecule has 23 heavy (non-hydrogen) atoms. The first kappa shape index (κ1) is 16.2. The van der Waals surface area contributed by atoms with E-state index in [0.29, 0.717) is 0 Å². The molecule has 4 rings (SSSR count). The molecule has 0 N–H and O–H groups in total. The molecule has 0 radical (unpaired) electrons. The molecule has 0 spiro atoms. The van der Waals surface area contributed by atoms with Gasteiger partial charge in [0.15, 0.2) is 0 Å². The first-order valence-corrected chi connectivity index (χ1v) is 9.84. The first-order valence-electron chi connectivity index (χ1n) is 7.98. The topological polar surface area (TPSA) is 0 Å². The van der Waals surface area contributed by atoms with Crippen molar-refractivity contribution >= 4 is 23.2 Å². The fourth-order valence-corrected chi connectivity index (χ4v) is 8.54. The normalized spacial score (nSPS) is 14.1. The van der Waals surface area contributed by atoms with Crippen LogP contribution >= 0.6 is 7.26 Å². The molecule has 0 aliphatic heterocycles. The molecule has 1 aliphatic carbocycles. The average Bonchev–Trinajstić information content (AvgIpc) is 3.44. The van der Waals surface area contributed by atoms with Crippen molar-refractivity contribution in [2.75, 3.05) is 0 Å². The van der Waals surface area contributed by atoms with Crippen molar-refractivity contribution in [1.82, 2.24) is 0 Å². The summed E-state index contributed by atoms with van der Waals surface area (Å²) < 4.78 is 0. The van der Waals surface area contributed by atoms with Crippen LogP contribution in [0.25, 0.3) is 0 Å². The SMILES string of the molecule is [Cl-].c1ccc([P+](c2ccccc2)(c2ccccc2)C2CC2)cc1. The van der Waals surface area contributed by atoms with Crippen LogP contribution < -0.4 is 28.3 Å². The van der Waals surface area contributed by atoms with E-state index < -0.39 is 7.26 Å². The molecule has 3 aromatic carbocycles. The smallest absolute Gasteiger partial charge is 0.115 e. The van der Waals surface area contributed by atoms with Crippen LogP contribution in [0.3, 0.4) is 0 Å². The van der Waals surface area contributed by atoms with E-state index in [2.05, 4.69) is 91.0 Å². The second-order valence-electron chi connectivity index (χ2n) is 5.96. The van der Waals surface area contributed by atoms with E-state index in [0.717, 1.165) is 5.66 Å². The Bertz CT molecular complexity index is 640. The highest BCUT2D eigenvalue weighted by molar-refractivity contribution is 7.96. The highest BCUT2D eigenvalue weighted by atomic mass is 35.5. The molecule has 3 aromatic rings. The van der Waals surface area contributed by atoms with E-state index in [1.807, 2.05) is 0 Å². The zero-order chi connectivity index (χ0) is 14.8. The summed E-state index contributed by atoms with van der Waals surface area (Å²) in [7, 11) is -1.51. The minimum atomic E-state index is -1.51. The van der Waals surface area contributed by atoms with E-state index in [4.69, 9.17) is 0 Å². The Kier molecular flexibility index (Phi) is 4.85. The van der Waals surface area contributed by atoms with E-state index in [-0.39, 0.29) is 12.4 Å². The third-order valence-electron chi connectivity index (χ3n) is 4.58. The van der Waals surface area contributed by atoms with Gasteiger partial charge in [-0.25, -0.2) is 0 Å². The van der Waals surface area contributed by atoms with Crippen molar-refractivity contribution in [2.45, 2.75) is 18.5 Å². The van der Waals surface area contributed by atoms with Gasteiger partial charge in [0.2, 0.25) is 0 Å². The van der Waals surface area contributed by atoms with E-state index in [9.17, 15) is 0 Å². The maximum absolute atomic E-state index is 2.34. The van der Waals surface area contributed by atoms with Crippen LogP contribution in [-0.2, 0) is 0 Å². The average molecular weight is 339 g/mol. The van der Waals surface area contributed by atoms with Crippen molar-refractivity contribution in [2.24, 2.45) is 0 Å². The van der Waals surface area contributed by atoms with Crippen LogP contribution in [0.5, 0.6) is 0 Å². The Morgan fingerprint density at radius 3 is 1.09 bits per heavy atom. The summed E-state index contributed by atoms with van der Waals surface area (Å²) in [5.41, 5.74) is 0.805. The second kappa shape index (κ2) is 6.87. The molecule has 0 amide bonds. The molecule has 1 fully saturated rings. The molecule has 0 bridgehead atoms. The Morgan fingerprint density at radius 2 is 0.826 bits per heavy atom. The van der Waals surface area contributed by atoms with Gasteiger partial charge in [-0.15, -0.1) is 0 Å². The van der Waals surface area contributed by atoms with Gasteiger partial charge in [-0.1, -0.05) is 54.6 Å². The zero-order valence-electron chi connectivity index (χ0n) is 13.0. The largest absolute Gasteiger partial charge is 1.00 e. The third kappa shape index (κ3) is 2.82. The zero-order valence-corrected chi connectivity index (χ0v) is 14.6. The molecule has 116 valence electrons. The van der Waals surface area contributed by atoms with Gasteiger partial charge >= 0.3 is 0 Å². The molecule has 0 nitrogen and oxygen atoms in total. The van der Waals surface area contributed by atoms with Crippen LogP contribution in [0.4, 0.5) is 0 Å². The van der Waals surface area contributed by atoms with Gasteiger partial charge in [0.1, 0.15) is 23.2 Å². The molecule has 2 heteroatoms. The van der Waals surface area contributed by atoms with Gasteiger partial charge in [-0.2, -0.15) is 0 Å². The Balaban J connectivity index is 0.00000156. The van der Waals surface area contributed by atoms with Gasteiger partial charge < -0.3 is 12.4 Å². The third-order valence-corrected chi connectivity index (χ3v) is 9.53. The lowest BCUT2D eigenvalue weighted by Crippen LogP contribution is -3.00. The summed E-state index contributed by atoms with van der Waals surface area (Å²) >= 11 is 0. The van der Waals surface area contributed by atoms with Crippen LogP contribution in [-0.4, -0.2) is 5.66 Å². The van der Waals surface area contributed by atoms with Gasteiger partial charge in [0.05, 0.1) is 5.66 Å². The fourth-order valence-electron chi connectivity index (χ4n) is 3.53. The minimum Gasteiger partial charge on any atom is -1.00 e. The lowest BCUT2D eigenvalue weighted by Gasteiger charge is -2.27. The fraction of sp³-hybridized carbons (Fsp3) is 0.143.